The molecule has 1 heterocycles. The van der Waals surface area contributed by atoms with Crippen molar-refractivity contribution in [3.8, 4) is 0 Å². The van der Waals surface area contributed by atoms with Crippen molar-refractivity contribution in [1.82, 2.24) is 4.98 Å². The molecule has 0 aliphatic rings. The van der Waals surface area contributed by atoms with Crippen molar-refractivity contribution in [2.75, 3.05) is 13.7 Å². The van der Waals surface area contributed by atoms with Crippen LogP contribution in [0, 0.1) is 0 Å². The van der Waals surface area contributed by atoms with Crippen molar-refractivity contribution in [3.05, 3.63) is 16.8 Å². The van der Waals surface area contributed by atoms with Gasteiger partial charge in [-0.3, -0.25) is 4.79 Å². The molecule has 1 rings (SSSR count). The fourth-order valence-electron chi connectivity index (χ4n) is 0.610. The largest absolute Gasteiger partial charge is 0.439 e. The highest BCUT2D eigenvalue weighted by atomic mass is 79.9. The molecule has 4 nitrogen and oxygen atoms in total. The third-order valence-corrected chi connectivity index (χ3v) is 1.62. The summed E-state index contributed by atoms with van der Waals surface area (Å²) in [5.74, 6) is -0.0243. The van der Waals surface area contributed by atoms with E-state index < -0.39 is 0 Å². The first-order valence-corrected chi connectivity index (χ1v) is 3.66. The Hall–Kier alpha value is -0.680. The van der Waals surface area contributed by atoms with Gasteiger partial charge < -0.3 is 9.15 Å². The zero-order valence-electron chi connectivity index (χ0n) is 5.83. The van der Waals surface area contributed by atoms with Gasteiger partial charge in [-0.1, -0.05) is 0 Å². The zero-order chi connectivity index (χ0) is 8.27. The Bertz CT molecular complexity index is 258. The van der Waals surface area contributed by atoms with Crippen molar-refractivity contribution >= 4 is 21.7 Å². The van der Waals surface area contributed by atoms with Crippen LogP contribution in [0.4, 0.5) is 0 Å². The molecule has 0 N–H and O–H groups in total. The van der Waals surface area contributed by atoms with Gasteiger partial charge in [0.25, 0.3) is 0 Å². The van der Waals surface area contributed by atoms with Crippen molar-refractivity contribution in [2.45, 2.75) is 0 Å². The fraction of sp³-hybridized carbons (Fsp3) is 0.333. The number of carbonyl (C=O) groups excluding carboxylic acids is 1. The summed E-state index contributed by atoms with van der Waals surface area (Å²) in [4.78, 5) is 14.7. The van der Waals surface area contributed by atoms with Crippen LogP contribution in [0.1, 0.15) is 10.6 Å². The van der Waals surface area contributed by atoms with E-state index in [2.05, 4.69) is 25.7 Å². The van der Waals surface area contributed by atoms with Gasteiger partial charge in [0.15, 0.2) is 11.0 Å². The molecule has 11 heavy (non-hydrogen) atoms. The number of Topliss-reactive ketones (excluding diaryl/α,β-unsaturated/α-hetero) is 1. The molecule has 0 atom stereocenters. The molecule has 1 aromatic rings. The first-order valence-electron chi connectivity index (χ1n) is 2.87. The lowest BCUT2D eigenvalue weighted by Crippen LogP contribution is -2.06. The number of carbonyl (C=O) groups is 1. The van der Waals surface area contributed by atoms with Gasteiger partial charge in [-0.05, 0) is 15.9 Å². The van der Waals surface area contributed by atoms with Gasteiger partial charge in [0.1, 0.15) is 6.61 Å². The van der Waals surface area contributed by atoms with Crippen LogP contribution in [0.5, 0.6) is 0 Å². The standard InChI is InChI=1S/C6H6BrNO3/c1-10-2-4(9)5-6(7)8-3-11-5/h3H,2H2,1H3. The summed E-state index contributed by atoms with van der Waals surface area (Å²) >= 11 is 3.06. The molecule has 0 aliphatic carbocycles. The van der Waals surface area contributed by atoms with Crippen LogP contribution in [0.15, 0.2) is 15.4 Å². The minimum absolute atomic E-state index is 0.00773. The molecule has 0 unspecified atom stereocenters. The highest BCUT2D eigenvalue weighted by Gasteiger charge is 2.13. The summed E-state index contributed by atoms with van der Waals surface area (Å²) in [5, 5.41) is 0. The Balaban J connectivity index is 2.76. The van der Waals surface area contributed by atoms with Crippen LogP contribution in [0.2, 0.25) is 0 Å². The number of oxazole rings is 1. The van der Waals surface area contributed by atoms with Crippen molar-refractivity contribution in [2.24, 2.45) is 0 Å². The van der Waals surface area contributed by atoms with Crippen molar-refractivity contribution in [3.63, 3.8) is 0 Å². The summed E-state index contributed by atoms with van der Waals surface area (Å²) in [5.41, 5.74) is 0. The molecular weight excluding hydrogens is 214 g/mol. The van der Waals surface area contributed by atoms with Crippen LogP contribution in [0.25, 0.3) is 0 Å². The zero-order valence-corrected chi connectivity index (χ0v) is 7.42. The van der Waals surface area contributed by atoms with Crippen LogP contribution >= 0.6 is 15.9 Å². The van der Waals surface area contributed by atoms with Crippen LogP contribution in [-0.2, 0) is 4.74 Å². The number of ketones is 1. The van der Waals surface area contributed by atoms with Gasteiger partial charge in [-0.2, -0.15) is 0 Å². The van der Waals surface area contributed by atoms with Gasteiger partial charge in [0.2, 0.25) is 11.5 Å². The van der Waals surface area contributed by atoms with E-state index >= 15 is 0 Å². The number of hydrogen-bond donors (Lipinski definition) is 0. The van der Waals surface area contributed by atoms with E-state index in [0.29, 0.717) is 4.60 Å². The second-order valence-corrected chi connectivity index (χ2v) is 2.58. The normalized spacial score (nSPS) is 10.0. The molecule has 60 valence electrons. The molecule has 0 saturated carbocycles. The van der Waals surface area contributed by atoms with Crippen LogP contribution in [-0.4, -0.2) is 24.5 Å². The van der Waals surface area contributed by atoms with E-state index in [0.717, 1.165) is 0 Å². The van der Waals surface area contributed by atoms with E-state index in [1.807, 2.05) is 0 Å². The monoisotopic (exact) mass is 219 g/mol. The van der Waals surface area contributed by atoms with E-state index in [-0.39, 0.29) is 18.2 Å². The minimum Gasteiger partial charge on any atom is -0.439 e. The van der Waals surface area contributed by atoms with Crippen molar-refractivity contribution in [1.29, 1.82) is 0 Å². The molecule has 0 amide bonds. The summed E-state index contributed by atoms with van der Waals surface area (Å²) < 4.78 is 9.83. The number of aromatic nitrogens is 1. The third-order valence-electron chi connectivity index (χ3n) is 1.05. The first-order chi connectivity index (χ1) is 5.25. The smallest absolute Gasteiger partial charge is 0.226 e. The highest BCUT2D eigenvalue weighted by molar-refractivity contribution is 9.10. The molecular formula is C6H6BrNO3. The lowest BCUT2D eigenvalue weighted by Gasteiger charge is -1.93. The Kier molecular flexibility index (Phi) is 2.78. The maximum absolute atomic E-state index is 11.0. The molecule has 0 aromatic carbocycles. The van der Waals surface area contributed by atoms with Gasteiger partial charge in [-0.15, -0.1) is 0 Å². The highest BCUT2D eigenvalue weighted by Crippen LogP contribution is 2.13. The second kappa shape index (κ2) is 3.64. The summed E-state index contributed by atoms with van der Waals surface area (Å²) in [6.07, 6.45) is 1.20. The Morgan fingerprint density at radius 1 is 1.91 bits per heavy atom. The van der Waals surface area contributed by atoms with Crippen molar-refractivity contribution < 1.29 is 13.9 Å². The molecule has 5 heteroatoms. The van der Waals surface area contributed by atoms with Gasteiger partial charge in [0, 0.05) is 7.11 Å². The molecule has 0 spiro atoms. The number of rotatable bonds is 3. The second-order valence-electron chi connectivity index (χ2n) is 1.83. The average Bonchev–Trinajstić information content (AvgIpc) is 2.36. The predicted molar refractivity (Wildman–Crippen MR) is 40.4 cm³/mol. The third kappa shape index (κ3) is 1.87. The minimum atomic E-state index is -0.225. The average molecular weight is 220 g/mol. The molecule has 0 aliphatic heterocycles. The van der Waals surface area contributed by atoms with Crippen LogP contribution < -0.4 is 0 Å². The number of methoxy groups -OCH3 is 1. The molecule has 0 fully saturated rings. The topological polar surface area (TPSA) is 52.3 Å². The van der Waals surface area contributed by atoms with Gasteiger partial charge in [-0.25, -0.2) is 4.98 Å². The maximum Gasteiger partial charge on any atom is 0.226 e. The summed E-state index contributed by atoms with van der Waals surface area (Å²) in [7, 11) is 1.45. The SMILES string of the molecule is COCC(=O)c1ocnc1Br. The number of nitrogens with zero attached hydrogens (tertiary/aromatic N) is 1. The lowest BCUT2D eigenvalue weighted by atomic mass is 10.3. The molecule has 1 aromatic heterocycles. The number of halogens is 1. The maximum atomic E-state index is 11.0. The summed E-state index contributed by atoms with van der Waals surface area (Å²) in [6, 6.07) is 0. The predicted octanol–water partition coefficient (Wildman–Crippen LogP) is 1.27. The quantitative estimate of drug-likeness (QED) is 0.719. The Morgan fingerprint density at radius 2 is 2.64 bits per heavy atom. The van der Waals surface area contributed by atoms with Gasteiger partial charge >= 0.3 is 0 Å². The fourth-order valence-corrected chi connectivity index (χ4v) is 1.01. The molecule has 0 bridgehead atoms. The Morgan fingerprint density at radius 3 is 3.09 bits per heavy atom. The van der Waals surface area contributed by atoms with Crippen LogP contribution in [0.3, 0.4) is 0 Å². The van der Waals surface area contributed by atoms with Gasteiger partial charge in [0.05, 0.1) is 0 Å². The van der Waals surface area contributed by atoms with E-state index in [4.69, 9.17) is 4.42 Å². The number of ether oxygens (including phenoxy) is 1. The van der Waals surface area contributed by atoms with E-state index in [1.165, 1.54) is 13.5 Å². The lowest BCUT2D eigenvalue weighted by molar-refractivity contribution is 0.0819. The molecule has 0 radical (unpaired) electrons. The van der Waals surface area contributed by atoms with E-state index in [9.17, 15) is 4.79 Å². The molecule has 0 saturated heterocycles. The number of hydrogen-bond acceptors (Lipinski definition) is 4. The first kappa shape index (κ1) is 8.42. The van der Waals surface area contributed by atoms with E-state index in [1.54, 1.807) is 0 Å². The summed E-state index contributed by atoms with van der Waals surface area (Å²) in [6.45, 7) is 0.00773. The Labute approximate surface area is 71.7 Å².